The van der Waals surface area contributed by atoms with Crippen LogP contribution in [-0.4, -0.2) is 18.0 Å². The van der Waals surface area contributed by atoms with E-state index < -0.39 is 0 Å². The molecule has 1 aliphatic heterocycles. The number of hydrogen-bond acceptors (Lipinski definition) is 3. The Labute approximate surface area is 73.2 Å². The molecule has 0 aromatic heterocycles. The first-order valence-corrected chi connectivity index (χ1v) is 4.20. The van der Waals surface area contributed by atoms with Gasteiger partial charge in [-0.2, -0.15) is 0 Å². The van der Waals surface area contributed by atoms with Gasteiger partial charge in [-0.3, -0.25) is 16.0 Å². The van der Waals surface area contributed by atoms with Crippen molar-refractivity contribution in [3.63, 3.8) is 0 Å². The Kier molecular flexibility index (Phi) is 1.67. The van der Waals surface area contributed by atoms with Gasteiger partial charge in [-0.05, 0) is 18.2 Å². The smallest absolute Gasteiger partial charge is 0.152 e. The molecule has 0 aromatic carbocycles. The standard InChI is InChI=1S/C7H8BrN3/c8-4-1-2-5-6(3-4)11-7(9)10-5/h1-3,6-7,11H,9H2. The number of nitrogens with one attached hydrogen (secondary N) is 1. The Bertz CT molecular complexity index is 267. The van der Waals surface area contributed by atoms with Crippen molar-refractivity contribution in [1.29, 1.82) is 0 Å². The molecule has 2 unspecified atom stereocenters. The summed E-state index contributed by atoms with van der Waals surface area (Å²) in [4.78, 5) is 4.18. The molecule has 1 heterocycles. The predicted octanol–water partition coefficient (Wildman–Crippen LogP) is 0.490. The molecular weight excluding hydrogens is 206 g/mol. The minimum Gasteiger partial charge on any atom is -0.297 e. The summed E-state index contributed by atoms with van der Waals surface area (Å²) in [6.07, 6.45) is 5.74. The molecule has 1 aliphatic carbocycles. The lowest BCUT2D eigenvalue weighted by molar-refractivity contribution is 0.593. The predicted molar refractivity (Wildman–Crippen MR) is 48.5 cm³/mol. The molecule has 4 heteroatoms. The highest BCUT2D eigenvalue weighted by Gasteiger charge is 2.23. The second-order valence-electron chi connectivity index (χ2n) is 2.53. The summed E-state index contributed by atoms with van der Waals surface area (Å²) < 4.78 is 1.07. The van der Waals surface area contributed by atoms with Gasteiger partial charge in [0.25, 0.3) is 0 Å². The molecule has 2 atom stereocenters. The highest BCUT2D eigenvalue weighted by Crippen LogP contribution is 2.17. The van der Waals surface area contributed by atoms with E-state index in [1.165, 1.54) is 0 Å². The molecule has 0 saturated carbocycles. The molecule has 0 amide bonds. The Morgan fingerprint density at radius 2 is 2.36 bits per heavy atom. The van der Waals surface area contributed by atoms with Gasteiger partial charge in [0.15, 0.2) is 6.29 Å². The van der Waals surface area contributed by atoms with Crippen LogP contribution < -0.4 is 11.1 Å². The van der Waals surface area contributed by atoms with Gasteiger partial charge < -0.3 is 0 Å². The lowest BCUT2D eigenvalue weighted by Gasteiger charge is -2.10. The number of rotatable bonds is 0. The normalized spacial score (nSPS) is 34.7. The Morgan fingerprint density at radius 3 is 3.18 bits per heavy atom. The Hall–Kier alpha value is -0.450. The van der Waals surface area contributed by atoms with E-state index in [1.807, 2.05) is 18.2 Å². The van der Waals surface area contributed by atoms with Gasteiger partial charge in [0.05, 0.1) is 11.8 Å². The Balaban J connectivity index is 2.29. The third-order valence-corrected chi connectivity index (χ3v) is 2.22. The molecule has 11 heavy (non-hydrogen) atoms. The van der Waals surface area contributed by atoms with Gasteiger partial charge in [0.1, 0.15) is 0 Å². The average molecular weight is 214 g/mol. The van der Waals surface area contributed by atoms with Crippen molar-refractivity contribution >= 4 is 21.6 Å². The molecular formula is C7H8BrN3. The summed E-state index contributed by atoms with van der Waals surface area (Å²) in [5.74, 6) is 0. The maximum absolute atomic E-state index is 5.56. The largest absolute Gasteiger partial charge is 0.297 e. The van der Waals surface area contributed by atoms with Crippen LogP contribution in [-0.2, 0) is 0 Å². The molecule has 0 aromatic rings. The van der Waals surface area contributed by atoms with Crippen molar-refractivity contribution in [2.24, 2.45) is 10.7 Å². The summed E-state index contributed by atoms with van der Waals surface area (Å²) in [6.45, 7) is 0. The van der Waals surface area contributed by atoms with Crippen LogP contribution in [0, 0.1) is 0 Å². The second-order valence-corrected chi connectivity index (χ2v) is 3.44. The first-order chi connectivity index (χ1) is 5.25. The maximum Gasteiger partial charge on any atom is 0.152 e. The lowest BCUT2D eigenvalue weighted by Crippen LogP contribution is -2.38. The second kappa shape index (κ2) is 2.55. The molecule has 0 fully saturated rings. The summed E-state index contributed by atoms with van der Waals surface area (Å²) in [6, 6.07) is 0.198. The fraction of sp³-hybridized carbons (Fsp3) is 0.286. The van der Waals surface area contributed by atoms with Crippen LogP contribution >= 0.6 is 15.9 Å². The summed E-state index contributed by atoms with van der Waals surface area (Å²) >= 11 is 3.38. The quantitative estimate of drug-likeness (QED) is 0.616. The number of aliphatic imine (C=N–C) groups is 1. The minimum atomic E-state index is -0.241. The van der Waals surface area contributed by atoms with Crippen LogP contribution in [0.1, 0.15) is 0 Å². The fourth-order valence-corrected chi connectivity index (χ4v) is 1.60. The van der Waals surface area contributed by atoms with Crippen molar-refractivity contribution in [3.8, 4) is 0 Å². The zero-order valence-electron chi connectivity index (χ0n) is 5.79. The zero-order valence-corrected chi connectivity index (χ0v) is 7.38. The van der Waals surface area contributed by atoms with E-state index in [2.05, 4.69) is 26.2 Å². The molecule has 0 bridgehead atoms. The van der Waals surface area contributed by atoms with Crippen LogP contribution in [0.3, 0.4) is 0 Å². The molecule has 3 nitrogen and oxygen atoms in total. The van der Waals surface area contributed by atoms with Crippen molar-refractivity contribution in [2.45, 2.75) is 12.3 Å². The monoisotopic (exact) mass is 213 g/mol. The number of halogens is 1. The van der Waals surface area contributed by atoms with Gasteiger partial charge in [-0.1, -0.05) is 15.9 Å². The fourth-order valence-electron chi connectivity index (χ4n) is 1.21. The number of nitrogens with zero attached hydrogens (tertiary/aromatic N) is 1. The third-order valence-electron chi connectivity index (χ3n) is 1.70. The highest BCUT2D eigenvalue weighted by atomic mass is 79.9. The SMILES string of the molecule is NC1N=C2C=CC(Br)=CC2N1. The van der Waals surface area contributed by atoms with E-state index in [9.17, 15) is 0 Å². The highest BCUT2D eigenvalue weighted by molar-refractivity contribution is 9.11. The number of allylic oxidation sites excluding steroid dienone is 2. The lowest BCUT2D eigenvalue weighted by atomic mass is 10.1. The van der Waals surface area contributed by atoms with E-state index in [4.69, 9.17) is 5.73 Å². The minimum absolute atomic E-state index is 0.198. The van der Waals surface area contributed by atoms with E-state index >= 15 is 0 Å². The molecule has 0 saturated heterocycles. The topological polar surface area (TPSA) is 50.4 Å². The molecule has 2 rings (SSSR count). The van der Waals surface area contributed by atoms with Crippen molar-refractivity contribution in [3.05, 3.63) is 22.7 Å². The van der Waals surface area contributed by atoms with Crippen molar-refractivity contribution < 1.29 is 0 Å². The molecule has 58 valence electrons. The van der Waals surface area contributed by atoms with Gasteiger partial charge in [0.2, 0.25) is 0 Å². The molecule has 0 spiro atoms. The number of nitrogens with two attached hydrogens (primary N) is 1. The van der Waals surface area contributed by atoms with Crippen LogP contribution in [0.4, 0.5) is 0 Å². The van der Waals surface area contributed by atoms with Gasteiger partial charge >= 0.3 is 0 Å². The number of fused-ring (bicyclic) bond motifs is 1. The zero-order chi connectivity index (χ0) is 7.84. The van der Waals surface area contributed by atoms with Gasteiger partial charge in [0, 0.05) is 4.48 Å². The van der Waals surface area contributed by atoms with E-state index in [-0.39, 0.29) is 12.3 Å². The van der Waals surface area contributed by atoms with Crippen LogP contribution in [0.5, 0.6) is 0 Å². The van der Waals surface area contributed by atoms with Gasteiger partial charge in [-0.15, -0.1) is 0 Å². The first-order valence-electron chi connectivity index (χ1n) is 3.40. The average Bonchev–Trinajstić information content (AvgIpc) is 2.27. The molecule has 3 N–H and O–H groups in total. The first kappa shape index (κ1) is 7.21. The van der Waals surface area contributed by atoms with E-state index in [0.717, 1.165) is 10.2 Å². The van der Waals surface area contributed by atoms with Crippen molar-refractivity contribution in [1.82, 2.24) is 5.32 Å². The van der Waals surface area contributed by atoms with Crippen LogP contribution in [0.15, 0.2) is 27.7 Å². The van der Waals surface area contributed by atoms with Crippen LogP contribution in [0.2, 0.25) is 0 Å². The van der Waals surface area contributed by atoms with Crippen molar-refractivity contribution in [2.75, 3.05) is 0 Å². The summed E-state index contributed by atoms with van der Waals surface area (Å²) in [5, 5.41) is 3.10. The maximum atomic E-state index is 5.56. The number of hydrogen-bond donors (Lipinski definition) is 2. The van der Waals surface area contributed by atoms with Crippen LogP contribution in [0.25, 0.3) is 0 Å². The Morgan fingerprint density at radius 1 is 1.55 bits per heavy atom. The third kappa shape index (κ3) is 1.29. The summed E-state index contributed by atoms with van der Waals surface area (Å²) in [5.41, 5.74) is 6.58. The molecule has 0 radical (unpaired) electrons. The summed E-state index contributed by atoms with van der Waals surface area (Å²) in [7, 11) is 0. The van der Waals surface area contributed by atoms with Gasteiger partial charge in [-0.25, -0.2) is 0 Å². The van der Waals surface area contributed by atoms with E-state index in [1.54, 1.807) is 0 Å². The van der Waals surface area contributed by atoms with E-state index in [0.29, 0.717) is 0 Å². The molecule has 2 aliphatic rings.